The van der Waals surface area contributed by atoms with Gasteiger partial charge in [-0.3, -0.25) is 9.78 Å². The number of rotatable bonds is 5. The van der Waals surface area contributed by atoms with E-state index in [0.29, 0.717) is 0 Å². The Morgan fingerprint density at radius 2 is 2.00 bits per heavy atom. The highest BCUT2D eigenvalue weighted by atomic mass is 16.5. The lowest BCUT2D eigenvalue weighted by molar-refractivity contribution is -0.119. The van der Waals surface area contributed by atoms with Gasteiger partial charge in [0.1, 0.15) is 17.9 Å². The number of hydrogen-bond acceptors (Lipinski definition) is 4. The molecule has 0 bridgehead atoms. The van der Waals surface area contributed by atoms with Crippen LogP contribution in [0.3, 0.4) is 0 Å². The normalized spacial score (nSPS) is 10.6. The monoisotopic (exact) mass is 322 g/mol. The Bertz CT molecular complexity index is 877. The van der Waals surface area contributed by atoms with Crippen LogP contribution in [-0.4, -0.2) is 31.7 Å². The van der Waals surface area contributed by atoms with Crippen molar-refractivity contribution in [1.29, 1.82) is 0 Å². The second-order valence-corrected chi connectivity index (χ2v) is 5.28. The first-order chi connectivity index (χ1) is 11.7. The summed E-state index contributed by atoms with van der Waals surface area (Å²) in [6.45, 7) is 0.0274. The van der Waals surface area contributed by atoms with Gasteiger partial charge in [0.25, 0.3) is 0 Å². The maximum atomic E-state index is 11.7. The summed E-state index contributed by atoms with van der Waals surface area (Å²) >= 11 is 0. The van der Waals surface area contributed by atoms with Crippen molar-refractivity contribution in [3.63, 3.8) is 0 Å². The van der Waals surface area contributed by atoms with Gasteiger partial charge in [-0.25, -0.2) is 0 Å². The van der Waals surface area contributed by atoms with Gasteiger partial charge in [0.15, 0.2) is 0 Å². The van der Waals surface area contributed by atoms with Gasteiger partial charge in [-0.1, -0.05) is 18.2 Å². The summed E-state index contributed by atoms with van der Waals surface area (Å²) in [7, 11) is 3.13. The average Bonchev–Trinajstić information content (AvgIpc) is 2.61. The van der Waals surface area contributed by atoms with E-state index in [1.54, 1.807) is 13.3 Å². The van der Waals surface area contributed by atoms with Crippen molar-refractivity contribution < 1.29 is 14.3 Å². The molecule has 0 radical (unpaired) electrons. The second-order valence-electron chi connectivity index (χ2n) is 5.28. The Labute approximate surface area is 140 Å². The minimum absolute atomic E-state index is 0.0274. The van der Waals surface area contributed by atoms with Crippen molar-refractivity contribution >= 4 is 22.5 Å². The van der Waals surface area contributed by atoms with E-state index in [-0.39, 0.29) is 12.5 Å². The van der Waals surface area contributed by atoms with Crippen LogP contribution in [0.5, 0.6) is 5.75 Å². The van der Waals surface area contributed by atoms with Crippen LogP contribution in [0.15, 0.2) is 54.7 Å². The van der Waals surface area contributed by atoms with Gasteiger partial charge in [0.2, 0.25) is 5.91 Å². The minimum Gasteiger partial charge on any atom is -0.494 e. The third kappa shape index (κ3) is 3.21. The molecule has 1 amide bonds. The fraction of sp³-hybridized carbons (Fsp3) is 0.158. The van der Waals surface area contributed by atoms with Gasteiger partial charge in [0.05, 0.1) is 7.11 Å². The van der Waals surface area contributed by atoms with Crippen molar-refractivity contribution in [2.45, 2.75) is 0 Å². The smallest absolute Gasteiger partial charge is 0.250 e. The number of benzene rings is 2. The lowest BCUT2D eigenvalue weighted by atomic mass is 9.99. The van der Waals surface area contributed by atoms with E-state index < -0.39 is 0 Å². The topological polar surface area (TPSA) is 60.5 Å². The number of nitrogens with one attached hydrogen (secondary N) is 1. The van der Waals surface area contributed by atoms with E-state index in [4.69, 9.17) is 9.47 Å². The van der Waals surface area contributed by atoms with Gasteiger partial charge < -0.3 is 14.8 Å². The molecule has 122 valence electrons. The number of fused-ring (bicyclic) bond motifs is 1. The van der Waals surface area contributed by atoms with Crippen LogP contribution in [0.2, 0.25) is 0 Å². The average molecular weight is 322 g/mol. The molecule has 0 aliphatic heterocycles. The number of carbonyl (C=O) groups is 1. The molecule has 0 unspecified atom stereocenters. The molecule has 2 aromatic carbocycles. The number of pyridine rings is 1. The number of anilines is 1. The molecule has 1 aromatic heterocycles. The molecule has 0 spiro atoms. The third-order valence-electron chi connectivity index (χ3n) is 3.69. The first-order valence-electron chi connectivity index (χ1n) is 7.54. The fourth-order valence-corrected chi connectivity index (χ4v) is 2.66. The number of amides is 1. The first-order valence-corrected chi connectivity index (χ1v) is 7.54. The highest BCUT2D eigenvalue weighted by Gasteiger charge is 2.10. The van der Waals surface area contributed by atoms with Gasteiger partial charge in [0, 0.05) is 24.4 Å². The molecular weight excluding hydrogens is 304 g/mol. The summed E-state index contributed by atoms with van der Waals surface area (Å²) < 4.78 is 10.2. The second kappa shape index (κ2) is 7.10. The third-order valence-corrected chi connectivity index (χ3v) is 3.69. The number of methoxy groups -OCH3 is 2. The highest BCUT2D eigenvalue weighted by molar-refractivity contribution is 5.99. The Kier molecular flexibility index (Phi) is 4.72. The van der Waals surface area contributed by atoms with Gasteiger partial charge in [-0.2, -0.15) is 0 Å². The summed E-state index contributed by atoms with van der Waals surface area (Å²) in [5.41, 5.74) is 3.56. The van der Waals surface area contributed by atoms with Crippen molar-refractivity contribution in [2.75, 3.05) is 26.1 Å². The molecule has 1 heterocycles. The molecule has 0 aliphatic carbocycles. The molecule has 5 nitrogen and oxygen atoms in total. The van der Waals surface area contributed by atoms with E-state index in [9.17, 15) is 4.79 Å². The van der Waals surface area contributed by atoms with E-state index in [2.05, 4.69) is 10.3 Å². The maximum Gasteiger partial charge on any atom is 0.250 e. The molecule has 24 heavy (non-hydrogen) atoms. The van der Waals surface area contributed by atoms with Crippen LogP contribution in [0.25, 0.3) is 22.0 Å². The Hall–Kier alpha value is -2.92. The number of nitrogens with zero attached hydrogens (tertiary/aromatic N) is 1. The van der Waals surface area contributed by atoms with Crippen LogP contribution in [0.1, 0.15) is 0 Å². The molecule has 1 N–H and O–H groups in total. The van der Waals surface area contributed by atoms with Crippen molar-refractivity contribution in [3.8, 4) is 16.9 Å². The van der Waals surface area contributed by atoms with Crippen LogP contribution in [0, 0.1) is 0 Å². The van der Waals surface area contributed by atoms with Gasteiger partial charge in [-0.05, 0) is 41.5 Å². The van der Waals surface area contributed by atoms with E-state index in [1.165, 1.54) is 7.11 Å². The van der Waals surface area contributed by atoms with Crippen molar-refractivity contribution in [3.05, 3.63) is 54.7 Å². The van der Waals surface area contributed by atoms with Crippen LogP contribution in [0.4, 0.5) is 5.69 Å². The first kappa shape index (κ1) is 16.0. The lowest BCUT2D eigenvalue weighted by Gasteiger charge is -2.11. The van der Waals surface area contributed by atoms with Gasteiger partial charge in [-0.15, -0.1) is 0 Å². The number of aromatic nitrogens is 1. The van der Waals surface area contributed by atoms with E-state index in [0.717, 1.165) is 33.5 Å². The zero-order valence-electron chi connectivity index (χ0n) is 13.6. The Morgan fingerprint density at radius 1 is 1.12 bits per heavy atom. The van der Waals surface area contributed by atoms with Crippen LogP contribution >= 0.6 is 0 Å². The Balaban J connectivity index is 2.04. The quantitative estimate of drug-likeness (QED) is 0.781. The predicted octanol–water partition coefficient (Wildman–Crippen LogP) is 3.50. The molecule has 0 atom stereocenters. The fourth-order valence-electron chi connectivity index (χ4n) is 2.66. The SMILES string of the molecule is COCC(=O)Nc1cccc(-c2ccc(OC)c3ncccc23)c1. The highest BCUT2D eigenvalue weighted by Crippen LogP contribution is 2.33. The number of carbonyl (C=O) groups excluding carboxylic acids is 1. The molecule has 0 aliphatic rings. The van der Waals surface area contributed by atoms with E-state index in [1.807, 2.05) is 48.5 Å². The Morgan fingerprint density at radius 3 is 2.79 bits per heavy atom. The lowest BCUT2D eigenvalue weighted by Crippen LogP contribution is -2.16. The maximum absolute atomic E-state index is 11.7. The summed E-state index contributed by atoms with van der Waals surface area (Å²) in [6.07, 6.45) is 1.75. The summed E-state index contributed by atoms with van der Waals surface area (Å²) in [5, 5.41) is 3.82. The largest absolute Gasteiger partial charge is 0.494 e. The van der Waals surface area contributed by atoms with Crippen molar-refractivity contribution in [2.24, 2.45) is 0 Å². The summed E-state index contributed by atoms with van der Waals surface area (Å²) in [4.78, 5) is 16.1. The molecule has 0 saturated heterocycles. The molecule has 0 fully saturated rings. The number of ether oxygens (including phenoxy) is 2. The van der Waals surface area contributed by atoms with Gasteiger partial charge >= 0.3 is 0 Å². The molecule has 5 heteroatoms. The zero-order valence-corrected chi connectivity index (χ0v) is 13.6. The van der Waals surface area contributed by atoms with E-state index >= 15 is 0 Å². The van der Waals surface area contributed by atoms with Crippen LogP contribution < -0.4 is 10.1 Å². The predicted molar refractivity (Wildman–Crippen MR) is 94.2 cm³/mol. The standard InChI is InChI=1S/C19H18N2O3/c1-23-12-18(22)21-14-6-3-5-13(11-14)15-8-9-17(24-2)19-16(15)7-4-10-20-19/h3-11H,12H2,1-2H3,(H,21,22). The minimum atomic E-state index is -0.184. The van der Waals surface area contributed by atoms with Crippen molar-refractivity contribution in [1.82, 2.24) is 4.98 Å². The molecule has 0 saturated carbocycles. The molecular formula is C19H18N2O3. The molecule has 3 aromatic rings. The molecule has 3 rings (SSSR count). The zero-order chi connectivity index (χ0) is 16.9. The van der Waals surface area contributed by atoms with Crippen LogP contribution in [-0.2, 0) is 9.53 Å². The summed E-state index contributed by atoms with van der Waals surface area (Å²) in [5.74, 6) is 0.551. The summed E-state index contributed by atoms with van der Waals surface area (Å²) in [6, 6.07) is 15.5. The number of hydrogen-bond donors (Lipinski definition) is 1.